The van der Waals surface area contributed by atoms with Crippen LogP contribution in [0.25, 0.3) is 11.0 Å². The van der Waals surface area contributed by atoms with Gasteiger partial charge in [-0.05, 0) is 37.6 Å². The van der Waals surface area contributed by atoms with Gasteiger partial charge >= 0.3 is 0 Å². The van der Waals surface area contributed by atoms with Gasteiger partial charge in [-0.15, -0.1) is 0 Å². The van der Waals surface area contributed by atoms with Gasteiger partial charge in [0.05, 0.1) is 24.8 Å². The highest BCUT2D eigenvalue weighted by molar-refractivity contribution is 5.81. The van der Waals surface area contributed by atoms with Crippen LogP contribution in [0, 0.1) is 13.8 Å². The number of aliphatic hydroxyl groups is 1. The standard InChI is InChI=1S/C30H38N10O2/c1-20-9-10-22(42-4)17-24(20)35-29-34-23-7-5-6-8-25(23)40(29)30(31)19-28(37(30)3)36-26-18-27(33-21(2)32-26)39-13-11-38(12-14-39)15-16-41/h5-10,17-19,41H,11-16,31H2,1-4H3,(H,34,35)(H,32,33,36). The normalized spacial score (nSPS) is 19.0. The molecule has 12 heteroatoms. The fourth-order valence-electron chi connectivity index (χ4n) is 5.56. The number of imidazole rings is 1. The number of ether oxygens (including phenoxy) is 1. The molecule has 0 spiro atoms. The van der Waals surface area contributed by atoms with Crippen LogP contribution in [0.4, 0.5) is 23.3 Å². The number of methoxy groups -OCH3 is 1. The third-order valence-corrected chi connectivity index (χ3v) is 8.05. The quantitative estimate of drug-likeness (QED) is 0.237. The number of aliphatic hydroxyl groups excluding tert-OH is 1. The van der Waals surface area contributed by atoms with E-state index >= 15 is 0 Å². The molecule has 0 bridgehead atoms. The number of nitrogens with two attached hydrogens (primary N) is 1. The Morgan fingerprint density at radius 3 is 2.52 bits per heavy atom. The summed E-state index contributed by atoms with van der Waals surface area (Å²) in [6, 6.07) is 15.8. The third kappa shape index (κ3) is 5.08. The number of β-amino-alcohol motifs (C(OH)–C–C–N with tert-alkyl or cyclic N) is 1. The molecule has 220 valence electrons. The predicted molar refractivity (Wildman–Crippen MR) is 165 cm³/mol. The summed E-state index contributed by atoms with van der Waals surface area (Å²) in [5.74, 6) is 3.50. The van der Waals surface area contributed by atoms with E-state index < -0.39 is 5.79 Å². The number of fused-ring (bicyclic) bond motifs is 1. The molecule has 2 aliphatic rings. The first-order valence-electron chi connectivity index (χ1n) is 14.1. The maximum Gasteiger partial charge on any atom is 0.211 e. The van der Waals surface area contributed by atoms with E-state index in [4.69, 9.17) is 20.4 Å². The Morgan fingerprint density at radius 1 is 1.00 bits per heavy atom. The van der Waals surface area contributed by atoms with Crippen molar-refractivity contribution in [2.45, 2.75) is 19.6 Å². The van der Waals surface area contributed by atoms with Crippen molar-refractivity contribution < 1.29 is 9.84 Å². The first-order chi connectivity index (χ1) is 20.3. The highest BCUT2D eigenvalue weighted by Crippen LogP contribution is 2.39. The van der Waals surface area contributed by atoms with E-state index in [0.29, 0.717) is 24.1 Å². The molecule has 2 aromatic carbocycles. The van der Waals surface area contributed by atoms with Crippen molar-refractivity contribution in [2.24, 2.45) is 5.73 Å². The van der Waals surface area contributed by atoms with Crippen LogP contribution in [0.5, 0.6) is 5.75 Å². The number of nitrogens with one attached hydrogen (secondary N) is 2. The Kier molecular flexibility index (Phi) is 7.35. The van der Waals surface area contributed by atoms with Crippen LogP contribution in [0.2, 0.25) is 0 Å². The van der Waals surface area contributed by atoms with Gasteiger partial charge in [0.2, 0.25) is 5.95 Å². The van der Waals surface area contributed by atoms with E-state index in [0.717, 1.165) is 65.9 Å². The zero-order valence-corrected chi connectivity index (χ0v) is 24.5. The molecule has 1 fully saturated rings. The van der Waals surface area contributed by atoms with Gasteiger partial charge in [-0.25, -0.2) is 15.0 Å². The molecule has 1 atom stereocenters. The van der Waals surface area contributed by atoms with E-state index in [2.05, 4.69) is 25.4 Å². The number of benzene rings is 2. The summed E-state index contributed by atoms with van der Waals surface area (Å²) in [4.78, 5) is 20.7. The van der Waals surface area contributed by atoms with Gasteiger partial charge in [0.15, 0.2) is 5.79 Å². The zero-order valence-electron chi connectivity index (χ0n) is 24.5. The molecule has 12 nitrogen and oxygen atoms in total. The van der Waals surface area contributed by atoms with Gasteiger partial charge in [0.1, 0.15) is 29.0 Å². The lowest BCUT2D eigenvalue weighted by atomic mass is 10.1. The molecule has 2 aromatic heterocycles. The predicted octanol–water partition coefficient (Wildman–Crippen LogP) is 2.78. The molecule has 1 unspecified atom stereocenters. The third-order valence-electron chi connectivity index (χ3n) is 8.05. The van der Waals surface area contributed by atoms with E-state index in [1.165, 1.54) is 0 Å². The average molecular weight is 571 g/mol. The monoisotopic (exact) mass is 570 g/mol. The van der Waals surface area contributed by atoms with Crippen molar-refractivity contribution in [2.75, 3.05) is 69.0 Å². The number of likely N-dealkylation sites (N-methyl/N-ethyl adjacent to an activating group) is 1. The van der Waals surface area contributed by atoms with Crippen LogP contribution < -0.4 is 26.0 Å². The Hall–Kier alpha value is -4.39. The Bertz CT molecular complexity index is 1630. The molecule has 5 N–H and O–H groups in total. The van der Waals surface area contributed by atoms with Crippen LogP contribution in [0.1, 0.15) is 11.4 Å². The van der Waals surface area contributed by atoms with Gasteiger partial charge in [-0.3, -0.25) is 15.2 Å². The van der Waals surface area contributed by atoms with Gasteiger partial charge in [-0.1, -0.05) is 18.2 Å². The van der Waals surface area contributed by atoms with Crippen molar-refractivity contribution in [1.29, 1.82) is 0 Å². The van der Waals surface area contributed by atoms with E-state index in [1.54, 1.807) is 7.11 Å². The summed E-state index contributed by atoms with van der Waals surface area (Å²) < 4.78 is 7.46. The average Bonchev–Trinajstić information content (AvgIpc) is 3.36. The van der Waals surface area contributed by atoms with Crippen LogP contribution in [-0.2, 0) is 5.79 Å². The summed E-state index contributed by atoms with van der Waals surface area (Å²) in [7, 11) is 3.61. The molecular formula is C30H38N10O2. The molecule has 2 aliphatic heterocycles. The smallest absolute Gasteiger partial charge is 0.211 e. The van der Waals surface area contributed by atoms with E-state index in [9.17, 15) is 5.11 Å². The minimum Gasteiger partial charge on any atom is -0.497 e. The lowest BCUT2D eigenvalue weighted by molar-refractivity contribution is 0.100. The number of anilines is 4. The number of hydrogen-bond acceptors (Lipinski definition) is 11. The van der Waals surface area contributed by atoms with Gasteiger partial charge in [0.25, 0.3) is 0 Å². The Labute approximate surface area is 245 Å². The number of hydrogen-bond donors (Lipinski definition) is 4. The van der Waals surface area contributed by atoms with Gasteiger partial charge in [-0.2, -0.15) is 0 Å². The van der Waals surface area contributed by atoms with Crippen molar-refractivity contribution >= 4 is 34.3 Å². The molecule has 1 saturated heterocycles. The second kappa shape index (κ2) is 11.1. The van der Waals surface area contributed by atoms with Crippen LogP contribution >= 0.6 is 0 Å². The largest absolute Gasteiger partial charge is 0.497 e. The highest BCUT2D eigenvalue weighted by atomic mass is 16.5. The molecule has 0 aliphatic carbocycles. The first-order valence-corrected chi connectivity index (χ1v) is 14.1. The van der Waals surface area contributed by atoms with E-state index in [-0.39, 0.29) is 6.61 Å². The summed E-state index contributed by atoms with van der Waals surface area (Å²) in [6.45, 7) is 8.30. The molecule has 0 radical (unpaired) electrons. The Morgan fingerprint density at radius 2 is 1.79 bits per heavy atom. The topological polar surface area (TPSA) is 133 Å². The lowest BCUT2D eigenvalue weighted by Gasteiger charge is -2.48. The second-order valence-electron chi connectivity index (χ2n) is 10.8. The molecule has 0 saturated carbocycles. The molecule has 6 rings (SSSR count). The summed E-state index contributed by atoms with van der Waals surface area (Å²) in [5, 5.41) is 16.2. The highest BCUT2D eigenvalue weighted by Gasteiger charge is 2.43. The van der Waals surface area contributed by atoms with Gasteiger partial charge < -0.3 is 30.3 Å². The number of piperazine rings is 1. The SMILES string of the molecule is COc1ccc(C)c(Nc2nc3ccccc3n2C2(N)C=C(Nc3cc(N4CCN(CCO)CC4)nc(C)n3)N2C)c1. The summed E-state index contributed by atoms with van der Waals surface area (Å²) in [6.07, 6.45) is 1.98. The van der Waals surface area contributed by atoms with Crippen LogP contribution in [0.3, 0.4) is 0 Å². The maximum absolute atomic E-state index is 9.25. The van der Waals surface area contributed by atoms with Crippen molar-refractivity contribution in [1.82, 2.24) is 29.3 Å². The molecule has 4 heterocycles. The fraction of sp³-hybridized carbons (Fsp3) is 0.367. The van der Waals surface area contributed by atoms with Crippen molar-refractivity contribution in [3.8, 4) is 5.75 Å². The molecule has 4 aromatic rings. The fourth-order valence-corrected chi connectivity index (χ4v) is 5.56. The summed E-state index contributed by atoms with van der Waals surface area (Å²) >= 11 is 0. The number of aromatic nitrogens is 4. The van der Waals surface area contributed by atoms with Crippen LogP contribution in [-0.4, -0.2) is 87.9 Å². The Balaban J connectivity index is 1.28. The van der Waals surface area contributed by atoms with Crippen molar-refractivity contribution in [3.05, 3.63) is 71.8 Å². The summed E-state index contributed by atoms with van der Waals surface area (Å²) in [5.41, 5.74) is 10.8. The van der Waals surface area contributed by atoms with Crippen molar-refractivity contribution in [3.63, 3.8) is 0 Å². The molecular weight excluding hydrogens is 532 g/mol. The number of para-hydroxylation sites is 2. The first kappa shape index (κ1) is 27.8. The van der Waals surface area contributed by atoms with E-state index in [1.807, 2.05) is 85.0 Å². The number of nitrogens with zero attached hydrogens (tertiary/aromatic N) is 7. The lowest BCUT2D eigenvalue weighted by Crippen LogP contribution is -2.61. The van der Waals surface area contributed by atoms with Crippen LogP contribution in [0.15, 0.2) is 60.4 Å². The second-order valence-corrected chi connectivity index (χ2v) is 10.8. The minimum absolute atomic E-state index is 0.180. The molecule has 42 heavy (non-hydrogen) atoms. The van der Waals surface area contributed by atoms with Gasteiger partial charge in [0, 0.05) is 63.7 Å². The molecule has 0 amide bonds. The number of rotatable bonds is 9. The zero-order chi connectivity index (χ0) is 29.4. The number of aryl methyl sites for hydroxylation is 2. The maximum atomic E-state index is 9.25. The minimum atomic E-state index is -0.985.